The van der Waals surface area contributed by atoms with E-state index in [4.69, 9.17) is 4.42 Å². The van der Waals surface area contributed by atoms with Gasteiger partial charge in [0.25, 0.3) is 5.91 Å². The second kappa shape index (κ2) is 6.23. The van der Waals surface area contributed by atoms with Crippen LogP contribution in [0.5, 0.6) is 0 Å². The van der Waals surface area contributed by atoms with E-state index in [1.54, 1.807) is 17.2 Å². The minimum Gasteiger partial charge on any atom is -0.467 e. The van der Waals surface area contributed by atoms with Crippen molar-refractivity contribution >= 4 is 17.6 Å². The SMILES string of the molecule is O=C1NCCN1c1ccc(F)c(C(=O)N2CCC[C@@H]2c2ccco2)c1. The van der Waals surface area contributed by atoms with Crippen molar-refractivity contribution in [2.45, 2.75) is 18.9 Å². The van der Waals surface area contributed by atoms with Crippen molar-refractivity contribution in [1.82, 2.24) is 10.2 Å². The van der Waals surface area contributed by atoms with Gasteiger partial charge >= 0.3 is 6.03 Å². The number of carbonyl (C=O) groups is 2. The minimum absolute atomic E-state index is 0.0179. The molecule has 2 aliphatic heterocycles. The predicted molar refractivity (Wildman–Crippen MR) is 88.9 cm³/mol. The summed E-state index contributed by atoms with van der Waals surface area (Å²) in [5.41, 5.74) is 0.504. The van der Waals surface area contributed by atoms with Crippen molar-refractivity contribution in [3.8, 4) is 0 Å². The average molecular weight is 343 g/mol. The van der Waals surface area contributed by atoms with Crippen LogP contribution in [0, 0.1) is 5.82 Å². The second-order valence-corrected chi connectivity index (χ2v) is 6.22. The number of furan rings is 1. The van der Waals surface area contributed by atoms with Crippen LogP contribution in [0.25, 0.3) is 0 Å². The van der Waals surface area contributed by atoms with Crippen LogP contribution in [-0.4, -0.2) is 36.5 Å². The van der Waals surface area contributed by atoms with Gasteiger partial charge in [-0.05, 0) is 43.2 Å². The van der Waals surface area contributed by atoms with Crippen LogP contribution in [0.2, 0.25) is 0 Å². The number of hydrogen-bond acceptors (Lipinski definition) is 3. The summed E-state index contributed by atoms with van der Waals surface area (Å²) in [5.74, 6) is -0.252. The van der Waals surface area contributed by atoms with Crippen LogP contribution in [0.3, 0.4) is 0 Å². The summed E-state index contributed by atoms with van der Waals surface area (Å²) in [6.07, 6.45) is 3.20. The van der Waals surface area contributed by atoms with E-state index in [1.807, 2.05) is 6.07 Å². The normalized spacial score (nSPS) is 20.2. The zero-order chi connectivity index (χ0) is 17.4. The summed E-state index contributed by atoms with van der Waals surface area (Å²) in [4.78, 5) is 27.9. The van der Waals surface area contributed by atoms with Crippen LogP contribution >= 0.6 is 0 Å². The van der Waals surface area contributed by atoms with E-state index >= 15 is 0 Å². The maximum atomic E-state index is 14.3. The zero-order valence-electron chi connectivity index (χ0n) is 13.6. The Morgan fingerprint density at radius 1 is 1.28 bits per heavy atom. The van der Waals surface area contributed by atoms with E-state index in [-0.39, 0.29) is 23.5 Å². The topological polar surface area (TPSA) is 65.8 Å². The summed E-state index contributed by atoms with van der Waals surface area (Å²) < 4.78 is 19.8. The highest BCUT2D eigenvalue weighted by atomic mass is 19.1. The molecule has 1 aromatic heterocycles. The first-order valence-electron chi connectivity index (χ1n) is 8.34. The predicted octanol–water partition coefficient (Wildman–Crippen LogP) is 2.93. The molecule has 0 bridgehead atoms. The lowest BCUT2D eigenvalue weighted by atomic mass is 10.1. The molecule has 1 atom stereocenters. The second-order valence-electron chi connectivity index (χ2n) is 6.22. The highest BCUT2D eigenvalue weighted by molar-refractivity contribution is 5.99. The third-order valence-electron chi connectivity index (χ3n) is 4.73. The molecule has 0 saturated carbocycles. The van der Waals surface area contributed by atoms with Crippen molar-refractivity contribution in [2.24, 2.45) is 0 Å². The Kier molecular flexibility index (Phi) is 3.91. The number of benzene rings is 1. The summed E-state index contributed by atoms with van der Waals surface area (Å²) in [6, 6.07) is 7.42. The molecule has 2 aromatic rings. The van der Waals surface area contributed by atoms with Gasteiger partial charge in [0.15, 0.2) is 0 Å². The summed E-state index contributed by atoms with van der Waals surface area (Å²) in [5, 5.41) is 2.70. The van der Waals surface area contributed by atoms with Gasteiger partial charge in [-0.3, -0.25) is 9.69 Å². The number of anilines is 1. The van der Waals surface area contributed by atoms with Crippen LogP contribution in [0.1, 0.15) is 35.0 Å². The van der Waals surface area contributed by atoms with Crippen molar-refractivity contribution in [3.05, 3.63) is 53.7 Å². The molecule has 130 valence electrons. The van der Waals surface area contributed by atoms with Crippen LogP contribution in [0.15, 0.2) is 41.0 Å². The largest absolute Gasteiger partial charge is 0.467 e. The van der Waals surface area contributed by atoms with Gasteiger partial charge in [0, 0.05) is 25.3 Å². The van der Waals surface area contributed by atoms with Gasteiger partial charge in [-0.25, -0.2) is 9.18 Å². The molecule has 6 nitrogen and oxygen atoms in total. The van der Waals surface area contributed by atoms with Gasteiger partial charge in [0.05, 0.1) is 17.9 Å². The van der Waals surface area contributed by atoms with E-state index in [9.17, 15) is 14.0 Å². The minimum atomic E-state index is -0.585. The lowest BCUT2D eigenvalue weighted by molar-refractivity contribution is 0.0715. The van der Waals surface area contributed by atoms with Crippen molar-refractivity contribution < 1.29 is 18.4 Å². The van der Waals surface area contributed by atoms with Gasteiger partial charge in [-0.15, -0.1) is 0 Å². The zero-order valence-corrected chi connectivity index (χ0v) is 13.6. The number of rotatable bonds is 3. The van der Waals surface area contributed by atoms with Crippen molar-refractivity contribution in [3.63, 3.8) is 0 Å². The fourth-order valence-corrected chi connectivity index (χ4v) is 3.50. The fourth-order valence-electron chi connectivity index (χ4n) is 3.50. The maximum absolute atomic E-state index is 14.3. The third-order valence-corrected chi connectivity index (χ3v) is 4.73. The van der Waals surface area contributed by atoms with Gasteiger partial charge < -0.3 is 14.6 Å². The number of nitrogens with zero attached hydrogens (tertiary/aromatic N) is 2. The quantitative estimate of drug-likeness (QED) is 0.932. The first kappa shape index (κ1) is 15.7. The molecular formula is C18H18FN3O3. The van der Waals surface area contributed by atoms with Crippen molar-refractivity contribution in [2.75, 3.05) is 24.5 Å². The first-order chi connectivity index (χ1) is 12.1. The fraction of sp³-hybridized carbons (Fsp3) is 0.333. The van der Waals surface area contributed by atoms with Gasteiger partial charge in [0.1, 0.15) is 11.6 Å². The van der Waals surface area contributed by atoms with Crippen molar-refractivity contribution in [1.29, 1.82) is 0 Å². The molecule has 0 aliphatic carbocycles. The molecule has 3 amide bonds. The summed E-state index contributed by atoms with van der Waals surface area (Å²) in [7, 11) is 0. The van der Waals surface area contributed by atoms with E-state index in [0.29, 0.717) is 31.1 Å². The standard InChI is InChI=1S/C18H18FN3O3/c19-14-6-5-12(21-9-7-20-18(21)24)11-13(14)17(23)22-8-1-3-15(22)16-4-2-10-25-16/h2,4-6,10-11,15H,1,3,7-9H2,(H,20,24)/t15-/m1/s1. The molecular weight excluding hydrogens is 325 g/mol. The molecule has 25 heavy (non-hydrogen) atoms. The smallest absolute Gasteiger partial charge is 0.321 e. The molecule has 2 aliphatic rings. The van der Waals surface area contributed by atoms with Crippen LogP contribution < -0.4 is 10.2 Å². The van der Waals surface area contributed by atoms with E-state index in [0.717, 1.165) is 12.8 Å². The number of carbonyl (C=O) groups excluding carboxylic acids is 2. The number of likely N-dealkylation sites (tertiary alicyclic amines) is 1. The number of urea groups is 1. The molecule has 0 unspecified atom stereocenters. The highest BCUT2D eigenvalue weighted by Gasteiger charge is 2.34. The van der Waals surface area contributed by atoms with E-state index in [2.05, 4.69) is 5.32 Å². The average Bonchev–Trinajstić information content (AvgIpc) is 3.35. The Morgan fingerprint density at radius 3 is 2.88 bits per heavy atom. The lowest BCUT2D eigenvalue weighted by Crippen LogP contribution is -2.32. The molecule has 1 aromatic carbocycles. The maximum Gasteiger partial charge on any atom is 0.321 e. The lowest BCUT2D eigenvalue weighted by Gasteiger charge is -2.24. The Bertz CT molecular complexity index is 806. The van der Waals surface area contributed by atoms with Gasteiger partial charge in [-0.1, -0.05) is 0 Å². The number of halogens is 1. The number of hydrogen-bond donors (Lipinski definition) is 1. The van der Waals surface area contributed by atoms with Gasteiger partial charge in [0.2, 0.25) is 0 Å². The van der Waals surface area contributed by atoms with E-state index < -0.39 is 5.82 Å². The van der Waals surface area contributed by atoms with E-state index in [1.165, 1.54) is 23.1 Å². The molecule has 7 heteroatoms. The Labute approximate surface area is 144 Å². The number of nitrogens with one attached hydrogen (secondary N) is 1. The molecule has 2 fully saturated rings. The molecule has 0 spiro atoms. The summed E-state index contributed by atoms with van der Waals surface area (Å²) >= 11 is 0. The monoisotopic (exact) mass is 343 g/mol. The molecule has 3 heterocycles. The van der Waals surface area contributed by atoms with Crippen LogP contribution in [0.4, 0.5) is 14.9 Å². The molecule has 1 N–H and O–H groups in total. The Hall–Kier alpha value is -2.83. The van der Waals surface area contributed by atoms with Crippen LogP contribution in [-0.2, 0) is 0 Å². The Balaban J connectivity index is 1.64. The van der Waals surface area contributed by atoms with Gasteiger partial charge in [-0.2, -0.15) is 0 Å². The molecule has 2 saturated heterocycles. The highest BCUT2D eigenvalue weighted by Crippen LogP contribution is 2.34. The summed E-state index contributed by atoms with van der Waals surface area (Å²) in [6.45, 7) is 1.58. The molecule has 0 radical (unpaired) electrons. The number of amides is 3. The Morgan fingerprint density at radius 2 is 2.16 bits per heavy atom. The first-order valence-corrected chi connectivity index (χ1v) is 8.34. The molecule has 4 rings (SSSR count). The third kappa shape index (κ3) is 2.75.